The van der Waals surface area contributed by atoms with Crippen molar-refractivity contribution in [1.82, 2.24) is 74.4 Å². The van der Waals surface area contributed by atoms with Crippen LogP contribution in [0.5, 0.6) is 0 Å². The third-order valence-corrected chi connectivity index (χ3v) is 14.9. The number of hydrogen-bond donors (Lipinski definition) is 17. The number of carbonyl (C=O) groups excluding carboxylic acids is 14. The summed E-state index contributed by atoms with van der Waals surface area (Å²) in [6.07, 6.45) is -9.09. The maximum absolute atomic E-state index is 15.2. The average molecular weight is 1480 g/mol. The molecule has 0 bridgehead atoms. The van der Waals surface area contributed by atoms with Gasteiger partial charge in [0, 0.05) is 39.1 Å². The maximum Gasteiger partial charge on any atom is 0.407 e. The van der Waals surface area contributed by atoms with Crippen LogP contribution < -0.4 is 80.2 Å². The number of aliphatic hydroxyl groups is 2. The first-order chi connectivity index (χ1) is 48.2. The van der Waals surface area contributed by atoms with E-state index in [1.807, 2.05) is 0 Å². The molecule has 0 saturated carbocycles. The molecule has 12 atom stereocenters. The predicted molar refractivity (Wildman–Crippen MR) is 381 cm³/mol. The second-order valence-corrected chi connectivity index (χ2v) is 29.8. The standard InChI is InChI=1S/C69H117N15O20/c1-18-23-42-57(92)83-50(39(5)85)60(95)71-32-27-43(77-55(90)46(30-35-75-65(100)104-69(15,16)17)80-61(96)51(49(86)19-2)84-52(87)41(70)26-31-72-62(97)101-66(6,7)8)54(89)78-45(29-34-74-64(99)103-68(12,13)14)56(91)82-48(37-40-24-21-20-22-25-40)59(94)81-47(36-38(3)4)58(93)79-44(53(88)76-42)28-33-73-63(98)102-67(9,10)11/h20-22,24-25,38-39,41-51,85-86H,18-19,23,26-37,70H2,1-17H3,(H,71,95)(H,72,97)(H,73,98)(H,74,99)(H,75,100)(H,76,88)(H,77,90)(H,78,89)(H,79,93)(H,80,96)(H,81,94)(H,82,91)(H,83,92)(H,84,87)/t39-,41+,42+,43+,44+,45+,46+,47+,48-,49-,50+,51+/m1/s1. The number of benzene rings is 1. The monoisotopic (exact) mass is 1480 g/mol. The lowest BCUT2D eigenvalue weighted by molar-refractivity contribution is -0.136. The molecule has 18 N–H and O–H groups in total. The Morgan fingerprint density at radius 3 is 1.38 bits per heavy atom. The molecule has 14 amide bonds. The van der Waals surface area contributed by atoms with Gasteiger partial charge >= 0.3 is 24.4 Å². The summed E-state index contributed by atoms with van der Waals surface area (Å²) in [5.74, 6) is -10.7. The number of alkyl carbamates (subject to hydrolysis) is 4. The molecule has 1 aliphatic rings. The molecule has 1 aromatic carbocycles. The van der Waals surface area contributed by atoms with Gasteiger partial charge in [-0.25, -0.2) is 19.2 Å². The fourth-order valence-electron chi connectivity index (χ4n) is 9.90. The Hall–Kier alpha value is -9.12. The highest BCUT2D eigenvalue weighted by molar-refractivity contribution is 5.99. The van der Waals surface area contributed by atoms with Crippen LogP contribution in [0.25, 0.3) is 0 Å². The number of hydrogen-bond acceptors (Lipinski definition) is 21. The Labute approximate surface area is 609 Å². The molecule has 35 nitrogen and oxygen atoms in total. The van der Waals surface area contributed by atoms with Gasteiger partial charge in [0.15, 0.2) is 0 Å². The van der Waals surface area contributed by atoms with Crippen LogP contribution >= 0.6 is 0 Å². The lowest BCUT2D eigenvalue weighted by Crippen LogP contribution is -2.62. The van der Waals surface area contributed by atoms with Gasteiger partial charge < -0.3 is 109 Å². The first-order valence-electron chi connectivity index (χ1n) is 35.3. The molecule has 1 fully saturated rings. The van der Waals surface area contributed by atoms with E-state index in [9.17, 15) is 67.7 Å². The lowest BCUT2D eigenvalue weighted by Gasteiger charge is -2.29. The summed E-state index contributed by atoms with van der Waals surface area (Å²) < 4.78 is 21.4. The Balaban J connectivity index is 2.99. The fourth-order valence-corrected chi connectivity index (χ4v) is 9.90. The zero-order valence-electron chi connectivity index (χ0n) is 63.3. The molecule has 0 radical (unpaired) electrons. The van der Waals surface area contributed by atoms with Crippen LogP contribution in [0.1, 0.15) is 181 Å². The Morgan fingerprint density at radius 1 is 0.510 bits per heavy atom. The van der Waals surface area contributed by atoms with E-state index in [4.69, 9.17) is 24.7 Å². The molecule has 1 heterocycles. The van der Waals surface area contributed by atoms with Gasteiger partial charge in [-0.2, -0.15) is 0 Å². The van der Waals surface area contributed by atoms with E-state index in [2.05, 4.69) is 74.4 Å². The van der Waals surface area contributed by atoms with E-state index in [0.29, 0.717) is 5.56 Å². The molecule has 104 heavy (non-hydrogen) atoms. The number of nitrogens with two attached hydrogens (primary N) is 1. The summed E-state index contributed by atoms with van der Waals surface area (Å²) in [6.45, 7) is 25.4. The normalized spacial score (nSPS) is 20.9. The van der Waals surface area contributed by atoms with Crippen molar-refractivity contribution in [3.8, 4) is 0 Å². The summed E-state index contributed by atoms with van der Waals surface area (Å²) in [5.41, 5.74) is 2.91. The van der Waals surface area contributed by atoms with E-state index >= 15 is 9.59 Å². The van der Waals surface area contributed by atoms with Crippen molar-refractivity contribution in [3.05, 3.63) is 35.9 Å². The minimum atomic E-state index is -1.87. The quantitative estimate of drug-likeness (QED) is 0.0519. The first-order valence-corrected chi connectivity index (χ1v) is 35.3. The molecule has 0 unspecified atom stereocenters. The molecule has 0 spiro atoms. The number of amides is 14. The second-order valence-electron chi connectivity index (χ2n) is 29.8. The largest absolute Gasteiger partial charge is 0.444 e. The number of ether oxygens (including phenoxy) is 4. The van der Waals surface area contributed by atoms with Crippen molar-refractivity contribution in [3.63, 3.8) is 0 Å². The zero-order chi connectivity index (χ0) is 79.0. The Kier molecular flexibility index (Phi) is 37.8. The molecule has 35 heteroatoms. The number of rotatable bonds is 27. The number of aliphatic hydroxyl groups excluding tert-OH is 2. The molecular formula is C69H117N15O20. The van der Waals surface area contributed by atoms with Crippen molar-refractivity contribution >= 4 is 83.4 Å². The molecule has 1 aliphatic heterocycles. The lowest BCUT2D eigenvalue weighted by atomic mass is 10.00. The third-order valence-electron chi connectivity index (χ3n) is 14.9. The van der Waals surface area contributed by atoms with Crippen molar-refractivity contribution < 1.29 is 96.3 Å². The van der Waals surface area contributed by atoms with E-state index in [-0.39, 0.29) is 64.0 Å². The van der Waals surface area contributed by atoms with Gasteiger partial charge in [-0.1, -0.05) is 64.4 Å². The molecule has 2 rings (SSSR count). The van der Waals surface area contributed by atoms with Crippen LogP contribution in [0.2, 0.25) is 0 Å². The highest BCUT2D eigenvalue weighted by Crippen LogP contribution is 2.15. The van der Waals surface area contributed by atoms with E-state index in [1.165, 1.54) is 13.8 Å². The van der Waals surface area contributed by atoms with Gasteiger partial charge in [-0.3, -0.25) is 47.9 Å². The topological polar surface area (TPSA) is 511 Å². The van der Waals surface area contributed by atoms with Gasteiger partial charge in [0.05, 0.1) is 18.2 Å². The highest BCUT2D eigenvalue weighted by Gasteiger charge is 2.39. The average Bonchev–Trinajstić information content (AvgIpc) is 1.44. The van der Waals surface area contributed by atoms with Gasteiger partial charge in [-0.15, -0.1) is 0 Å². The SMILES string of the molecule is CCC[C@@H]1NC(=O)[C@H](CCNC(=O)OC(C)(C)C)NC(=O)[C@H](CC(C)C)NC(=O)[C@@H](Cc2ccccc2)NC(=O)[C@H](CCNC(=O)OC(C)(C)C)NC(=O)[C@@H](NC(=O)[C@H](CCNC(=O)OC(C)(C)C)NC(=O)[C@@H](NC(=O)[C@@H](N)CCNC(=O)OC(C)(C)C)[C@H](O)CC)CCNC(=O)[C@H]([C@@H](C)O)NC1=O. The minimum absolute atomic E-state index is 0.0601. The van der Waals surface area contributed by atoms with Crippen molar-refractivity contribution in [1.29, 1.82) is 0 Å². The van der Waals surface area contributed by atoms with Gasteiger partial charge in [-0.05, 0) is 153 Å². The van der Waals surface area contributed by atoms with Crippen LogP contribution in [0.4, 0.5) is 19.2 Å². The predicted octanol–water partition coefficient (Wildman–Crippen LogP) is 0.0966. The van der Waals surface area contributed by atoms with Crippen molar-refractivity contribution in [2.24, 2.45) is 11.7 Å². The van der Waals surface area contributed by atoms with Crippen LogP contribution in [0.3, 0.4) is 0 Å². The van der Waals surface area contributed by atoms with E-state index in [0.717, 1.165) is 0 Å². The molecular weight excluding hydrogens is 1360 g/mol. The van der Waals surface area contributed by atoms with Gasteiger partial charge in [0.1, 0.15) is 76.8 Å². The maximum atomic E-state index is 15.2. The van der Waals surface area contributed by atoms with Crippen molar-refractivity contribution in [2.45, 2.75) is 277 Å². The van der Waals surface area contributed by atoms with Gasteiger partial charge in [0.25, 0.3) is 0 Å². The summed E-state index contributed by atoms with van der Waals surface area (Å²) >= 11 is 0. The summed E-state index contributed by atoms with van der Waals surface area (Å²) in [5, 5.41) is 57.9. The Morgan fingerprint density at radius 2 is 0.923 bits per heavy atom. The van der Waals surface area contributed by atoms with E-state index < -0.39 is 217 Å². The van der Waals surface area contributed by atoms with Crippen LogP contribution in [-0.4, -0.2) is 221 Å². The van der Waals surface area contributed by atoms with Crippen LogP contribution in [-0.2, 0) is 73.3 Å². The zero-order valence-corrected chi connectivity index (χ0v) is 63.3. The molecule has 1 saturated heterocycles. The minimum Gasteiger partial charge on any atom is -0.444 e. The summed E-state index contributed by atoms with van der Waals surface area (Å²) in [6, 6.07) is -8.03. The smallest absolute Gasteiger partial charge is 0.407 e. The summed E-state index contributed by atoms with van der Waals surface area (Å²) in [7, 11) is 0. The fraction of sp³-hybridized carbons (Fsp3) is 0.710. The highest BCUT2D eigenvalue weighted by atomic mass is 16.6. The van der Waals surface area contributed by atoms with Crippen LogP contribution in [0, 0.1) is 5.92 Å². The molecule has 0 aromatic heterocycles. The van der Waals surface area contributed by atoms with Crippen molar-refractivity contribution in [2.75, 3.05) is 32.7 Å². The molecule has 0 aliphatic carbocycles. The second kappa shape index (κ2) is 43.2. The summed E-state index contributed by atoms with van der Waals surface area (Å²) in [4.78, 5) is 197. The molecule has 1 aromatic rings. The number of carbonyl (C=O) groups is 14. The molecule has 588 valence electrons. The van der Waals surface area contributed by atoms with Crippen LogP contribution in [0.15, 0.2) is 30.3 Å². The first kappa shape index (κ1) is 91.0. The third kappa shape index (κ3) is 36.8. The Bertz CT molecular complexity index is 3040. The van der Waals surface area contributed by atoms with E-state index in [1.54, 1.807) is 134 Å². The van der Waals surface area contributed by atoms with Gasteiger partial charge in [0.2, 0.25) is 59.1 Å². The number of nitrogens with one attached hydrogen (secondary N) is 14.